The number of benzene rings is 1. The fourth-order valence-electron chi connectivity index (χ4n) is 2.96. The van der Waals surface area contributed by atoms with E-state index in [0.29, 0.717) is 5.75 Å². The Labute approximate surface area is 147 Å². The van der Waals surface area contributed by atoms with Crippen molar-refractivity contribution in [1.82, 2.24) is 19.8 Å². The Morgan fingerprint density at radius 3 is 2.88 bits per heavy atom. The molecule has 24 heavy (non-hydrogen) atoms. The topological polar surface area (TPSA) is 50.2 Å². The molecule has 1 saturated heterocycles. The summed E-state index contributed by atoms with van der Waals surface area (Å²) in [5, 5.41) is 3.37. The monoisotopic (exact) mass is 344 g/mol. The number of nitrogens with one attached hydrogen (secondary N) is 1. The number of amides is 1. The summed E-state index contributed by atoms with van der Waals surface area (Å²) in [5.41, 5.74) is 2.53. The molecule has 3 rings (SSSR count). The number of aromatic nitrogens is 2. The zero-order valence-electron chi connectivity index (χ0n) is 14.2. The van der Waals surface area contributed by atoms with Gasteiger partial charge in [0.05, 0.1) is 5.75 Å². The Kier molecular flexibility index (Phi) is 5.58. The van der Waals surface area contributed by atoms with Gasteiger partial charge in [0.15, 0.2) is 0 Å². The van der Waals surface area contributed by atoms with Crippen LogP contribution in [0.2, 0.25) is 0 Å². The van der Waals surface area contributed by atoms with Gasteiger partial charge < -0.3 is 14.8 Å². The summed E-state index contributed by atoms with van der Waals surface area (Å²) >= 11 is 1.68. The Morgan fingerprint density at radius 2 is 2.17 bits per heavy atom. The van der Waals surface area contributed by atoms with Crippen LogP contribution in [0, 0.1) is 6.92 Å². The van der Waals surface area contributed by atoms with Crippen LogP contribution in [0.25, 0.3) is 0 Å². The van der Waals surface area contributed by atoms with Gasteiger partial charge in [0, 0.05) is 44.8 Å². The average molecular weight is 344 g/mol. The van der Waals surface area contributed by atoms with Gasteiger partial charge in [-0.15, -0.1) is 11.8 Å². The van der Waals surface area contributed by atoms with Crippen LogP contribution in [0.3, 0.4) is 0 Å². The maximum absolute atomic E-state index is 12.7. The quantitative estimate of drug-likeness (QED) is 0.903. The third-order valence-electron chi connectivity index (χ3n) is 4.34. The van der Waals surface area contributed by atoms with Crippen LogP contribution in [0.5, 0.6) is 0 Å². The summed E-state index contributed by atoms with van der Waals surface area (Å²) in [7, 11) is 1.98. The molecule has 6 heteroatoms. The van der Waals surface area contributed by atoms with E-state index < -0.39 is 0 Å². The highest BCUT2D eigenvalue weighted by atomic mass is 32.2. The van der Waals surface area contributed by atoms with E-state index in [0.717, 1.165) is 31.2 Å². The van der Waals surface area contributed by atoms with E-state index in [1.54, 1.807) is 18.0 Å². The van der Waals surface area contributed by atoms with E-state index in [-0.39, 0.29) is 11.9 Å². The lowest BCUT2D eigenvalue weighted by Crippen LogP contribution is -2.50. The minimum Gasteiger partial charge on any atom is -0.336 e. The number of carbonyl (C=O) groups excluding carboxylic acids is 1. The molecule has 1 aliphatic heterocycles. The van der Waals surface area contributed by atoms with E-state index in [1.807, 2.05) is 22.7 Å². The van der Waals surface area contributed by atoms with Gasteiger partial charge in [-0.1, -0.05) is 29.8 Å². The molecule has 0 bridgehead atoms. The van der Waals surface area contributed by atoms with Crippen molar-refractivity contribution < 1.29 is 4.79 Å². The van der Waals surface area contributed by atoms with Crippen molar-refractivity contribution in [3.8, 4) is 0 Å². The zero-order valence-corrected chi connectivity index (χ0v) is 15.1. The van der Waals surface area contributed by atoms with Crippen LogP contribution in [0.15, 0.2) is 36.7 Å². The minimum atomic E-state index is 0.0197. The summed E-state index contributed by atoms with van der Waals surface area (Å²) in [4.78, 5) is 19.1. The van der Waals surface area contributed by atoms with Crippen molar-refractivity contribution in [1.29, 1.82) is 0 Å². The van der Waals surface area contributed by atoms with Gasteiger partial charge in [0.25, 0.3) is 0 Å². The van der Waals surface area contributed by atoms with E-state index in [4.69, 9.17) is 0 Å². The second-order valence-corrected chi connectivity index (χ2v) is 7.17. The number of carbonyl (C=O) groups is 1. The van der Waals surface area contributed by atoms with E-state index in [2.05, 4.69) is 41.5 Å². The van der Waals surface area contributed by atoms with Crippen molar-refractivity contribution >= 4 is 17.7 Å². The van der Waals surface area contributed by atoms with Crippen LogP contribution in [0.4, 0.5) is 0 Å². The molecular weight excluding hydrogens is 320 g/mol. The fourth-order valence-corrected chi connectivity index (χ4v) is 3.83. The number of nitrogens with zero attached hydrogens (tertiary/aromatic N) is 3. The van der Waals surface area contributed by atoms with Crippen molar-refractivity contribution in [2.24, 2.45) is 7.05 Å². The van der Waals surface area contributed by atoms with Gasteiger partial charge in [-0.05, 0) is 12.5 Å². The second-order valence-electron chi connectivity index (χ2n) is 6.18. The molecule has 1 atom stereocenters. The van der Waals surface area contributed by atoms with Gasteiger partial charge in [0.2, 0.25) is 5.91 Å². The molecule has 1 unspecified atom stereocenters. The third-order valence-corrected chi connectivity index (χ3v) is 5.32. The van der Waals surface area contributed by atoms with E-state index in [9.17, 15) is 4.79 Å². The van der Waals surface area contributed by atoms with Gasteiger partial charge >= 0.3 is 0 Å². The summed E-state index contributed by atoms with van der Waals surface area (Å²) in [6.45, 7) is 4.43. The molecule has 5 nitrogen and oxygen atoms in total. The molecule has 0 spiro atoms. The molecule has 2 heterocycles. The highest BCUT2D eigenvalue weighted by molar-refractivity contribution is 7.99. The lowest BCUT2D eigenvalue weighted by molar-refractivity contribution is -0.131. The molecule has 1 N–H and O–H groups in total. The standard InChI is InChI=1S/C18H24N4OS/c1-14-3-5-15(6-4-14)12-24-13-17(23)22-10-7-19-11-16(22)18-20-8-9-21(18)2/h3-6,8-9,16,19H,7,10-13H2,1-2H3. The SMILES string of the molecule is Cc1ccc(CSCC(=O)N2CCNCC2c2nccn2C)cc1. The first-order chi connectivity index (χ1) is 11.6. The molecular formula is C18H24N4OS. The van der Waals surface area contributed by atoms with Gasteiger partial charge in [-0.25, -0.2) is 4.98 Å². The molecule has 0 saturated carbocycles. The largest absolute Gasteiger partial charge is 0.336 e. The maximum atomic E-state index is 12.7. The number of hydrogen-bond donors (Lipinski definition) is 1. The van der Waals surface area contributed by atoms with Crippen molar-refractivity contribution in [2.75, 3.05) is 25.4 Å². The first-order valence-electron chi connectivity index (χ1n) is 8.26. The van der Waals surface area contributed by atoms with Crippen molar-refractivity contribution in [3.63, 3.8) is 0 Å². The molecule has 128 valence electrons. The summed E-state index contributed by atoms with van der Waals surface area (Å²) in [6, 6.07) is 8.52. The fraction of sp³-hybridized carbons (Fsp3) is 0.444. The van der Waals surface area contributed by atoms with Gasteiger partial charge in [-0.2, -0.15) is 0 Å². The number of rotatable bonds is 5. The molecule has 1 amide bonds. The highest BCUT2D eigenvalue weighted by Gasteiger charge is 2.30. The summed E-state index contributed by atoms with van der Waals surface area (Å²) < 4.78 is 2.00. The first kappa shape index (κ1) is 17.0. The molecule has 1 aromatic carbocycles. The van der Waals surface area contributed by atoms with Gasteiger partial charge in [-0.3, -0.25) is 4.79 Å². The maximum Gasteiger partial charge on any atom is 0.233 e. The van der Waals surface area contributed by atoms with Crippen LogP contribution in [-0.4, -0.2) is 45.7 Å². The normalized spacial score (nSPS) is 17.9. The molecule has 2 aromatic rings. The smallest absolute Gasteiger partial charge is 0.233 e. The number of thioether (sulfide) groups is 1. The highest BCUT2D eigenvalue weighted by Crippen LogP contribution is 2.22. The van der Waals surface area contributed by atoms with Crippen molar-refractivity contribution in [2.45, 2.75) is 18.7 Å². The molecule has 0 radical (unpaired) electrons. The van der Waals surface area contributed by atoms with Crippen molar-refractivity contribution in [3.05, 3.63) is 53.6 Å². The Bertz CT molecular complexity index is 683. The third kappa shape index (κ3) is 3.99. The van der Waals surface area contributed by atoms with Gasteiger partial charge in [0.1, 0.15) is 11.9 Å². The minimum absolute atomic E-state index is 0.0197. The second kappa shape index (κ2) is 7.85. The van der Waals surface area contributed by atoms with Crippen LogP contribution >= 0.6 is 11.8 Å². The van der Waals surface area contributed by atoms with E-state index >= 15 is 0 Å². The lowest BCUT2D eigenvalue weighted by Gasteiger charge is -2.35. The van der Waals surface area contributed by atoms with E-state index in [1.165, 1.54) is 11.1 Å². The average Bonchev–Trinajstić information content (AvgIpc) is 3.02. The number of piperazine rings is 1. The number of aryl methyl sites for hydroxylation is 2. The molecule has 1 fully saturated rings. The number of hydrogen-bond acceptors (Lipinski definition) is 4. The Morgan fingerprint density at radius 1 is 1.38 bits per heavy atom. The Balaban J connectivity index is 1.58. The van der Waals surface area contributed by atoms with Crippen LogP contribution in [0.1, 0.15) is 23.0 Å². The molecule has 1 aliphatic rings. The van der Waals surface area contributed by atoms with Crippen LogP contribution < -0.4 is 5.32 Å². The predicted octanol–water partition coefficient (Wildman–Crippen LogP) is 2.13. The summed E-state index contributed by atoms with van der Waals surface area (Å²) in [5.74, 6) is 2.51. The summed E-state index contributed by atoms with van der Waals surface area (Å²) in [6.07, 6.45) is 3.72. The Hall–Kier alpha value is -1.79. The van der Waals surface area contributed by atoms with Crippen LogP contribution in [-0.2, 0) is 17.6 Å². The molecule has 0 aliphatic carbocycles. The predicted molar refractivity (Wildman–Crippen MR) is 97.9 cm³/mol. The lowest BCUT2D eigenvalue weighted by atomic mass is 10.1. The zero-order chi connectivity index (χ0) is 16.9. The first-order valence-corrected chi connectivity index (χ1v) is 9.41. The number of imidazole rings is 1. The molecule has 1 aromatic heterocycles.